The van der Waals surface area contributed by atoms with Gasteiger partial charge in [-0.15, -0.1) is 0 Å². The van der Waals surface area contributed by atoms with Crippen molar-refractivity contribution in [2.75, 3.05) is 0 Å². The van der Waals surface area contributed by atoms with Gasteiger partial charge in [0.15, 0.2) is 0 Å². The fraction of sp³-hybridized carbons (Fsp3) is 0.909. The molecule has 2 rings (SSSR count). The fourth-order valence-corrected chi connectivity index (χ4v) is 2.17. The zero-order valence-electron chi connectivity index (χ0n) is 7.60. The molecule has 0 aliphatic heterocycles. The molecule has 2 bridgehead atoms. The number of fused-ring (bicyclic) bond motifs is 2. The maximum atomic E-state index is 9.44. The van der Waals surface area contributed by atoms with E-state index in [1.54, 1.807) is 32.1 Å². The first kappa shape index (κ1) is 11.7. The van der Waals surface area contributed by atoms with E-state index in [4.69, 9.17) is 0 Å². The van der Waals surface area contributed by atoms with E-state index in [1.807, 2.05) is 0 Å². The first-order valence-electron chi connectivity index (χ1n) is 4.65. The van der Waals surface area contributed by atoms with Crippen molar-refractivity contribution in [1.29, 1.82) is 0 Å². The Labute approximate surface area is 76.6 Å². The third-order valence-electron chi connectivity index (χ3n) is 2.63. The number of hydrogen-bond acceptors (Lipinski definition) is 1. The van der Waals surface area contributed by atoms with Gasteiger partial charge in [0.2, 0.25) is 0 Å². The molecule has 0 aromatic rings. The second-order valence-corrected chi connectivity index (χ2v) is 4.03. The van der Waals surface area contributed by atoms with E-state index in [2.05, 4.69) is 0 Å². The van der Waals surface area contributed by atoms with E-state index in [0.717, 1.165) is 0 Å². The number of Topliss-reactive ketones (excluding diaryl/α,β-unsaturated/α-hetero) is 1. The Bertz CT molecular complexity index is 118. The first-order chi connectivity index (χ1) is 5.18. The molecule has 0 aromatic carbocycles. The van der Waals surface area contributed by atoms with Crippen LogP contribution in [0.2, 0.25) is 0 Å². The van der Waals surface area contributed by atoms with Crippen LogP contribution in [-0.4, -0.2) is 5.78 Å². The summed E-state index contributed by atoms with van der Waals surface area (Å²) >= 11 is 0. The largest absolute Gasteiger partial charge is 0.300 e. The fourth-order valence-electron chi connectivity index (χ4n) is 2.17. The Balaban J connectivity index is 0.000000217. The lowest BCUT2D eigenvalue weighted by atomic mass is 10.0. The quantitative estimate of drug-likeness (QED) is 0.544. The number of rotatable bonds is 0. The van der Waals surface area contributed by atoms with Crippen molar-refractivity contribution in [3.05, 3.63) is 0 Å². The highest BCUT2D eigenvalue weighted by Crippen LogP contribution is 2.43. The molecule has 1 nitrogen and oxygen atoms in total. The van der Waals surface area contributed by atoms with E-state index < -0.39 is 0 Å². The molecule has 0 radical (unpaired) electrons. The molecular formula is C11H22O. The van der Waals surface area contributed by atoms with Crippen molar-refractivity contribution in [2.24, 2.45) is 11.8 Å². The average molecular weight is 170 g/mol. The van der Waals surface area contributed by atoms with Crippen LogP contribution in [0.15, 0.2) is 0 Å². The Kier molecular flexibility index (Phi) is 5.19. The van der Waals surface area contributed by atoms with Gasteiger partial charge in [-0.25, -0.2) is 0 Å². The SMILES string of the molecule is C.C1CC2CCC1C2.CC(C)=O. The van der Waals surface area contributed by atoms with Crippen molar-refractivity contribution in [2.45, 2.75) is 53.4 Å². The van der Waals surface area contributed by atoms with Gasteiger partial charge in [-0.3, -0.25) is 0 Å². The standard InChI is InChI=1S/C7H12.C3H6O.CH4/c1-2-7-4-3-6(1)5-7;1-3(2)4;/h6-7H,1-5H2;1-2H3;1H4. The zero-order valence-corrected chi connectivity index (χ0v) is 7.60. The number of carbonyl (C=O) groups is 1. The lowest BCUT2D eigenvalue weighted by Gasteiger charge is -2.05. The van der Waals surface area contributed by atoms with Crippen LogP contribution < -0.4 is 0 Å². The third kappa shape index (κ3) is 3.89. The van der Waals surface area contributed by atoms with Gasteiger partial charge < -0.3 is 4.79 Å². The molecule has 0 aromatic heterocycles. The minimum Gasteiger partial charge on any atom is -0.300 e. The predicted octanol–water partition coefficient (Wildman–Crippen LogP) is 3.43. The van der Waals surface area contributed by atoms with Gasteiger partial charge in [0.1, 0.15) is 5.78 Å². The molecule has 2 saturated carbocycles. The summed E-state index contributed by atoms with van der Waals surface area (Å²) in [4.78, 5) is 9.44. The van der Waals surface area contributed by atoms with Crippen LogP contribution in [0.3, 0.4) is 0 Å². The van der Waals surface area contributed by atoms with E-state index in [1.165, 1.54) is 25.7 Å². The van der Waals surface area contributed by atoms with Crippen molar-refractivity contribution in [3.63, 3.8) is 0 Å². The summed E-state index contributed by atoms with van der Waals surface area (Å²) in [7, 11) is 0. The van der Waals surface area contributed by atoms with Crippen molar-refractivity contribution < 1.29 is 4.79 Å². The molecule has 0 N–H and O–H groups in total. The smallest absolute Gasteiger partial charge is 0.126 e. The molecule has 0 heterocycles. The van der Waals surface area contributed by atoms with Crippen LogP contribution >= 0.6 is 0 Å². The molecule has 0 amide bonds. The van der Waals surface area contributed by atoms with E-state index in [9.17, 15) is 4.79 Å². The first-order valence-corrected chi connectivity index (χ1v) is 4.65. The van der Waals surface area contributed by atoms with Gasteiger partial charge >= 0.3 is 0 Å². The molecule has 0 saturated heterocycles. The van der Waals surface area contributed by atoms with E-state index in [0.29, 0.717) is 0 Å². The lowest BCUT2D eigenvalue weighted by Crippen LogP contribution is -1.90. The van der Waals surface area contributed by atoms with Crippen molar-refractivity contribution >= 4 is 5.78 Å². The molecule has 0 atom stereocenters. The summed E-state index contributed by atoms with van der Waals surface area (Å²) in [6, 6.07) is 0. The second-order valence-electron chi connectivity index (χ2n) is 4.03. The molecule has 1 heteroatoms. The minimum absolute atomic E-state index is 0. The van der Waals surface area contributed by atoms with Gasteiger partial charge in [-0.2, -0.15) is 0 Å². The third-order valence-corrected chi connectivity index (χ3v) is 2.63. The minimum atomic E-state index is 0. The molecule has 2 fully saturated rings. The normalized spacial score (nSPS) is 30.2. The maximum absolute atomic E-state index is 9.44. The van der Waals surface area contributed by atoms with Gasteiger partial charge in [0.05, 0.1) is 0 Å². The molecular weight excluding hydrogens is 148 g/mol. The maximum Gasteiger partial charge on any atom is 0.126 e. The number of carbonyl (C=O) groups excluding carboxylic acids is 1. The second kappa shape index (κ2) is 5.34. The molecule has 2 aliphatic carbocycles. The Morgan fingerprint density at radius 2 is 1.25 bits per heavy atom. The molecule has 0 unspecified atom stereocenters. The van der Waals surface area contributed by atoms with Crippen molar-refractivity contribution in [3.8, 4) is 0 Å². The Hall–Kier alpha value is -0.330. The predicted molar refractivity (Wildman–Crippen MR) is 53.2 cm³/mol. The molecule has 2 aliphatic rings. The Morgan fingerprint density at radius 3 is 1.33 bits per heavy atom. The highest BCUT2D eigenvalue weighted by Gasteiger charge is 2.30. The zero-order chi connectivity index (χ0) is 8.27. The summed E-state index contributed by atoms with van der Waals surface area (Å²) in [5.74, 6) is 2.51. The van der Waals surface area contributed by atoms with Crippen LogP contribution in [0.4, 0.5) is 0 Å². The van der Waals surface area contributed by atoms with Crippen LogP contribution in [-0.2, 0) is 4.79 Å². The summed E-state index contributed by atoms with van der Waals surface area (Å²) in [6.07, 6.45) is 7.82. The summed E-state index contributed by atoms with van der Waals surface area (Å²) in [5.41, 5.74) is 0. The monoisotopic (exact) mass is 170 g/mol. The Morgan fingerprint density at radius 1 is 1.00 bits per heavy atom. The average Bonchev–Trinajstić information content (AvgIpc) is 2.45. The van der Waals surface area contributed by atoms with Crippen molar-refractivity contribution in [1.82, 2.24) is 0 Å². The van der Waals surface area contributed by atoms with Gasteiger partial charge in [0.25, 0.3) is 0 Å². The number of hydrogen-bond donors (Lipinski definition) is 0. The molecule has 72 valence electrons. The van der Waals surface area contributed by atoms with Crippen LogP contribution in [0, 0.1) is 11.8 Å². The van der Waals surface area contributed by atoms with E-state index >= 15 is 0 Å². The summed E-state index contributed by atoms with van der Waals surface area (Å²) < 4.78 is 0. The van der Waals surface area contributed by atoms with Crippen LogP contribution in [0.5, 0.6) is 0 Å². The molecule has 12 heavy (non-hydrogen) atoms. The number of ketones is 1. The lowest BCUT2D eigenvalue weighted by molar-refractivity contribution is -0.114. The van der Waals surface area contributed by atoms with Gasteiger partial charge in [-0.05, 0) is 32.1 Å². The van der Waals surface area contributed by atoms with Gasteiger partial charge in [-0.1, -0.05) is 33.1 Å². The van der Waals surface area contributed by atoms with Crippen LogP contribution in [0.1, 0.15) is 53.4 Å². The van der Waals surface area contributed by atoms with E-state index in [-0.39, 0.29) is 13.2 Å². The highest BCUT2D eigenvalue weighted by molar-refractivity contribution is 5.72. The van der Waals surface area contributed by atoms with Crippen LogP contribution in [0.25, 0.3) is 0 Å². The molecule has 0 spiro atoms. The highest BCUT2D eigenvalue weighted by atomic mass is 16.1. The summed E-state index contributed by atoms with van der Waals surface area (Å²) in [6.45, 7) is 3.06. The topological polar surface area (TPSA) is 17.1 Å². The van der Waals surface area contributed by atoms with Gasteiger partial charge in [0, 0.05) is 0 Å². The summed E-state index contributed by atoms with van der Waals surface area (Å²) in [5, 5.41) is 0.